The molecule has 3 aromatic carbocycles. The van der Waals surface area contributed by atoms with E-state index in [-0.39, 0.29) is 17.2 Å². The average molecular weight is 441 g/mol. The Morgan fingerprint density at radius 3 is 2.59 bits per heavy atom. The molecule has 0 aliphatic carbocycles. The minimum Gasteiger partial charge on any atom is -0.451 e. The number of thiazole rings is 1. The van der Waals surface area contributed by atoms with Crippen molar-refractivity contribution in [2.45, 2.75) is 0 Å². The summed E-state index contributed by atoms with van der Waals surface area (Å²) in [6, 6.07) is 23.4. The molecule has 8 heteroatoms. The normalized spacial score (nSPS) is 10.9. The van der Waals surface area contributed by atoms with E-state index in [0.717, 1.165) is 22.0 Å². The Labute approximate surface area is 186 Å². The fraction of sp³-hybridized carbons (Fsp3) is 0. The summed E-state index contributed by atoms with van der Waals surface area (Å²) in [6.07, 6.45) is 0. The number of aromatic nitrogens is 1. The Bertz CT molecular complexity index is 1470. The van der Waals surface area contributed by atoms with Gasteiger partial charge in [0.05, 0.1) is 16.2 Å². The SMILES string of the molecule is O=C(Nc1nc(-c2ccc3ccccc3c2)cs1)c1ccc(-c2ccccc2[N+](=O)[O-])o1. The zero-order valence-electron chi connectivity index (χ0n) is 16.5. The van der Waals surface area contributed by atoms with Crippen LogP contribution in [-0.2, 0) is 0 Å². The molecule has 0 aliphatic rings. The molecule has 0 spiro atoms. The number of amides is 1. The number of fused-ring (bicyclic) bond motifs is 1. The van der Waals surface area contributed by atoms with Crippen molar-refractivity contribution in [3.8, 4) is 22.6 Å². The van der Waals surface area contributed by atoms with Crippen LogP contribution in [0.3, 0.4) is 0 Å². The molecule has 7 nitrogen and oxygen atoms in total. The lowest BCUT2D eigenvalue weighted by Crippen LogP contribution is -2.10. The van der Waals surface area contributed by atoms with Crippen LogP contribution in [0.1, 0.15) is 10.6 Å². The van der Waals surface area contributed by atoms with E-state index in [2.05, 4.69) is 16.4 Å². The van der Waals surface area contributed by atoms with Crippen LogP contribution < -0.4 is 5.32 Å². The number of anilines is 1. The van der Waals surface area contributed by atoms with Crippen molar-refractivity contribution in [1.82, 2.24) is 4.98 Å². The number of hydrogen-bond acceptors (Lipinski definition) is 6. The van der Waals surface area contributed by atoms with Crippen molar-refractivity contribution in [2.75, 3.05) is 5.32 Å². The van der Waals surface area contributed by atoms with Crippen molar-refractivity contribution in [2.24, 2.45) is 0 Å². The molecule has 0 atom stereocenters. The van der Waals surface area contributed by atoms with E-state index in [9.17, 15) is 14.9 Å². The van der Waals surface area contributed by atoms with Crippen molar-refractivity contribution >= 4 is 38.8 Å². The summed E-state index contributed by atoms with van der Waals surface area (Å²) in [4.78, 5) is 27.9. The van der Waals surface area contributed by atoms with Gasteiger partial charge in [0.25, 0.3) is 11.6 Å². The third-order valence-electron chi connectivity index (χ3n) is 4.97. The quantitative estimate of drug-likeness (QED) is 0.252. The van der Waals surface area contributed by atoms with E-state index in [1.165, 1.54) is 23.5 Å². The maximum Gasteiger partial charge on any atom is 0.293 e. The zero-order chi connectivity index (χ0) is 22.1. The Morgan fingerprint density at radius 1 is 0.969 bits per heavy atom. The number of hydrogen-bond donors (Lipinski definition) is 1. The first-order chi connectivity index (χ1) is 15.6. The molecule has 0 saturated carbocycles. The van der Waals surface area contributed by atoms with Gasteiger partial charge in [-0.05, 0) is 35.0 Å². The van der Waals surface area contributed by atoms with E-state index in [0.29, 0.717) is 10.7 Å². The maximum atomic E-state index is 12.6. The van der Waals surface area contributed by atoms with Gasteiger partial charge in [0.1, 0.15) is 5.76 Å². The second-order valence-electron chi connectivity index (χ2n) is 6.99. The Kier molecular flexibility index (Phi) is 4.97. The second kappa shape index (κ2) is 8.09. The molecule has 0 fully saturated rings. The van der Waals surface area contributed by atoms with E-state index >= 15 is 0 Å². The van der Waals surface area contributed by atoms with Crippen LogP contribution in [0, 0.1) is 10.1 Å². The number of carbonyl (C=O) groups excluding carboxylic acids is 1. The molecule has 2 heterocycles. The van der Waals surface area contributed by atoms with Crippen LogP contribution in [0.15, 0.2) is 88.7 Å². The number of furan rings is 1. The zero-order valence-corrected chi connectivity index (χ0v) is 17.3. The number of rotatable bonds is 5. The molecule has 5 rings (SSSR count). The first kappa shape index (κ1) is 19.7. The molecule has 156 valence electrons. The van der Waals surface area contributed by atoms with Gasteiger partial charge < -0.3 is 4.42 Å². The number of nitrogens with zero attached hydrogens (tertiary/aromatic N) is 2. The van der Waals surface area contributed by atoms with Crippen LogP contribution in [0.4, 0.5) is 10.8 Å². The molecule has 1 N–H and O–H groups in total. The van der Waals surface area contributed by atoms with Crippen molar-refractivity contribution in [3.05, 3.63) is 100 Å². The van der Waals surface area contributed by atoms with Crippen LogP contribution in [-0.4, -0.2) is 15.8 Å². The number of para-hydroxylation sites is 1. The minimum atomic E-state index is -0.485. The maximum absolute atomic E-state index is 12.6. The lowest BCUT2D eigenvalue weighted by atomic mass is 10.1. The summed E-state index contributed by atoms with van der Waals surface area (Å²) >= 11 is 1.31. The summed E-state index contributed by atoms with van der Waals surface area (Å²) in [5.41, 5.74) is 1.94. The predicted molar refractivity (Wildman–Crippen MR) is 124 cm³/mol. The third kappa shape index (κ3) is 3.75. The van der Waals surface area contributed by atoms with Gasteiger partial charge in [-0.1, -0.05) is 48.5 Å². The molecular weight excluding hydrogens is 426 g/mol. The lowest BCUT2D eigenvalue weighted by molar-refractivity contribution is -0.384. The van der Waals surface area contributed by atoms with Gasteiger partial charge >= 0.3 is 0 Å². The van der Waals surface area contributed by atoms with Crippen molar-refractivity contribution in [1.29, 1.82) is 0 Å². The smallest absolute Gasteiger partial charge is 0.293 e. The van der Waals surface area contributed by atoms with E-state index in [1.54, 1.807) is 24.3 Å². The largest absolute Gasteiger partial charge is 0.451 e. The molecular formula is C24H15N3O4S. The third-order valence-corrected chi connectivity index (χ3v) is 5.72. The van der Waals surface area contributed by atoms with Crippen molar-refractivity contribution in [3.63, 3.8) is 0 Å². The Morgan fingerprint density at radius 2 is 1.75 bits per heavy atom. The topological polar surface area (TPSA) is 98.3 Å². The fourth-order valence-corrected chi connectivity index (χ4v) is 4.13. The second-order valence-corrected chi connectivity index (χ2v) is 7.85. The average Bonchev–Trinajstić information content (AvgIpc) is 3.49. The van der Waals surface area contributed by atoms with Crippen LogP contribution in [0.2, 0.25) is 0 Å². The fourth-order valence-electron chi connectivity index (χ4n) is 3.42. The van der Waals surface area contributed by atoms with Gasteiger partial charge in [0, 0.05) is 17.0 Å². The monoisotopic (exact) mass is 441 g/mol. The van der Waals surface area contributed by atoms with Gasteiger partial charge in [-0.2, -0.15) is 0 Å². The molecule has 0 saturated heterocycles. The molecule has 0 radical (unpaired) electrons. The summed E-state index contributed by atoms with van der Waals surface area (Å²) in [5, 5.41) is 18.5. The van der Waals surface area contributed by atoms with E-state index < -0.39 is 10.8 Å². The van der Waals surface area contributed by atoms with E-state index in [1.807, 2.05) is 41.8 Å². The number of nitrogens with one attached hydrogen (secondary N) is 1. The number of carbonyl (C=O) groups is 1. The summed E-state index contributed by atoms with van der Waals surface area (Å²) in [5.74, 6) is -0.187. The molecule has 32 heavy (non-hydrogen) atoms. The number of nitro groups is 1. The van der Waals surface area contributed by atoms with E-state index in [4.69, 9.17) is 4.42 Å². The summed E-state index contributed by atoms with van der Waals surface area (Å²) in [7, 11) is 0. The van der Waals surface area contributed by atoms with Gasteiger partial charge in [-0.25, -0.2) is 4.98 Å². The van der Waals surface area contributed by atoms with Crippen LogP contribution in [0.5, 0.6) is 0 Å². The highest BCUT2D eigenvalue weighted by atomic mass is 32.1. The minimum absolute atomic E-state index is 0.0422. The molecule has 0 aliphatic heterocycles. The van der Waals surface area contributed by atoms with Crippen LogP contribution in [0.25, 0.3) is 33.4 Å². The Balaban J connectivity index is 1.35. The standard InChI is InChI=1S/C24H15N3O4S/c28-23(22-12-11-21(31-22)18-7-3-4-8-20(18)27(29)30)26-24-25-19(14-32-24)17-10-9-15-5-1-2-6-16(15)13-17/h1-14H,(H,25,26,28). The predicted octanol–water partition coefficient (Wildman–Crippen LogP) is 6.38. The molecule has 5 aromatic rings. The molecule has 0 bridgehead atoms. The summed E-state index contributed by atoms with van der Waals surface area (Å²) in [6.45, 7) is 0. The van der Waals surface area contributed by atoms with Crippen molar-refractivity contribution < 1.29 is 14.1 Å². The van der Waals surface area contributed by atoms with Gasteiger partial charge in [0.2, 0.25) is 0 Å². The highest BCUT2D eigenvalue weighted by molar-refractivity contribution is 7.14. The first-order valence-electron chi connectivity index (χ1n) is 9.68. The molecule has 1 amide bonds. The highest BCUT2D eigenvalue weighted by Crippen LogP contribution is 2.32. The summed E-state index contributed by atoms with van der Waals surface area (Å²) < 4.78 is 5.59. The first-order valence-corrected chi connectivity index (χ1v) is 10.6. The lowest BCUT2D eigenvalue weighted by Gasteiger charge is -2.01. The highest BCUT2D eigenvalue weighted by Gasteiger charge is 2.20. The number of nitro benzene ring substituents is 1. The number of benzene rings is 3. The Hall–Kier alpha value is -4.30. The van der Waals surface area contributed by atoms with Gasteiger partial charge in [0.15, 0.2) is 10.9 Å². The van der Waals surface area contributed by atoms with Gasteiger partial charge in [-0.3, -0.25) is 20.2 Å². The van der Waals surface area contributed by atoms with Gasteiger partial charge in [-0.15, -0.1) is 11.3 Å². The molecule has 2 aromatic heterocycles. The molecule has 0 unspecified atom stereocenters. The van der Waals surface area contributed by atoms with Crippen LogP contribution >= 0.6 is 11.3 Å².